The maximum atomic E-state index is 12.6. The van der Waals surface area contributed by atoms with E-state index in [0.717, 1.165) is 32.1 Å². The highest BCUT2D eigenvalue weighted by Crippen LogP contribution is 2.28. The second kappa shape index (κ2) is 8.96. The molecule has 1 aliphatic carbocycles. The summed E-state index contributed by atoms with van der Waals surface area (Å²) in [7, 11) is 0. The third-order valence-electron chi connectivity index (χ3n) is 5.07. The number of ether oxygens (including phenoxy) is 1. The molecule has 2 amide bonds. The Hall–Kier alpha value is -1.46. The topological polar surface area (TPSA) is 58.6 Å². The molecule has 1 aromatic rings. The van der Waals surface area contributed by atoms with Crippen LogP contribution < -0.4 is 10.1 Å². The molecule has 5 nitrogen and oxygen atoms in total. The van der Waals surface area contributed by atoms with Crippen LogP contribution in [-0.4, -0.2) is 41.9 Å². The summed E-state index contributed by atoms with van der Waals surface area (Å²) in [6.07, 6.45) is 7.16. The highest BCUT2D eigenvalue weighted by molar-refractivity contribution is 6.35. The van der Waals surface area contributed by atoms with Crippen molar-refractivity contribution >= 4 is 35.0 Å². The average Bonchev–Trinajstić information content (AvgIpc) is 3.11. The fourth-order valence-electron chi connectivity index (χ4n) is 3.70. The Labute approximate surface area is 164 Å². The lowest BCUT2D eigenvalue weighted by Gasteiger charge is -2.28. The Bertz CT molecular complexity index is 662. The van der Waals surface area contributed by atoms with Crippen molar-refractivity contribution in [3.63, 3.8) is 0 Å². The van der Waals surface area contributed by atoms with E-state index in [1.807, 2.05) is 0 Å². The molecule has 142 valence electrons. The number of carbonyl (C=O) groups excluding carboxylic acids is 2. The number of carbonyl (C=O) groups is 2. The first kappa shape index (κ1) is 19.3. The van der Waals surface area contributed by atoms with Crippen molar-refractivity contribution in [1.82, 2.24) is 10.2 Å². The largest absolute Gasteiger partial charge is 0.482 e. The van der Waals surface area contributed by atoms with Crippen LogP contribution in [0.25, 0.3) is 0 Å². The highest BCUT2D eigenvalue weighted by atomic mass is 35.5. The van der Waals surface area contributed by atoms with Crippen LogP contribution in [0.3, 0.4) is 0 Å². The third kappa shape index (κ3) is 4.83. The first-order chi connectivity index (χ1) is 12.5. The number of rotatable bonds is 5. The van der Waals surface area contributed by atoms with Crippen LogP contribution in [0.4, 0.5) is 0 Å². The van der Waals surface area contributed by atoms with Gasteiger partial charge in [0.05, 0.1) is 5.02 Å². The van der Waals surface area contributed by atoms with Gasteiger partial charge in [-0.25, -0.2) is 0 Å². The monoisotopic (exact) mass is 398 g/mol. The number of nitrogens with zero attached hydrogens (tertiary/aromatic N) is 1. The molecule has 26 heavy (non-hydrogen) atoms. The molecule has 7 heteroatoms. The molecule has 1 atom stereocenters. The molecule has 0 bridgehead atoms. The van der Waals surface area contributed by atoms with Crippen LogP contribution in [0.1, 0.15) is 44.9 Å². The van der Waals surface area contributed by atoms with Crippen molar-refractivity contribution in [1.29, 1.82) is 0 Å². The second-order valence-electron chi connectivity index (χ2n) is 6.95. The minimum atomic E-state index is -0.395. The van der Waals surface area contributed by atoms with Crippen molar-refractivity contribution in [2.75, 3.05) is 13.2 Å². The molecular formula is C19H24Cl2N2O3. The van der Waals surface area contributed by atoms with Crippen LogP contribution >= 0.6 is 23.2 Å². The molecule has 2 aliphatic rings. The minimum absolute atomic E-state index is 0.0349. The van der Waals surface area contributed by atoms with E-state index >= 15 is 0 Å². The van der Waals surface area contributed by atoms with Gasteiger partial charge in [-0.1, -0.05) is 42.5 Å². The molecule has 2 fully saturated rings. The number of amides is 2. The Morgan fingerprint density at radius 3 is 2.62 bits per heavy atom. The van der Waals surface area contributed by atoms with E-state index in [0.29, 0.717) is 28.8 Å². The lowest BCUT2D eigenvalue weighted by molar-refractivity contribution is -0.140. The van der Waals surface area contributed by atoms with Gasteiger partial charge in [-0.15, -0.1) is 0 Å². The van der Waals surface area contributed by atoms with Gasteiger partial charge in [0.25, 0.3) is 5.91 Å². The zero-order chi connectivity index (χ0) is 18.5. The van der Waals surface area contributed by atoms with E-state index in [-0.39, 0.29) is 24.5 Å². The van der Waals surface area contributed by atoms with E-state index in [2.05, 4.69) is 5.32 Å². The van der Waals surface area contributed by atoms with E-state index in [1.165, 1.54) is 6.42 Å². The maximum absolute atomic E-state index is 12.6. The van der Waals surface area contributed by atoms with E-state index in [1.54, 1.807) is 23.1 Å². The summed E-state index contributed by atoms with van der Waals surface area (Å²) < 4.78 is 5.53. The summed E-state index contributed by atoms with van der Waals surface area (Å²) in [6, 6.07) is 4.71. The van der Waals surface area contributed by atoms with Crippen LogP contribution in [0.2, 0.25) is 10.0 Å². The summed E-state index contributed by atoms with van der Waals surface area (Å²) in [5, 5.41) is 3.99. The predicted molar refractivity (Wildman–Crippen MR) is 102 cm³/mol. The molecule has 0 aromatic heterocycles. The normalized spacial score (nSPS) is 20.8. The molecule has 0 radical (unpaired) electrons. The number of hydrogen-bond acceptors (Lipinski definition) is 3. The Balaban J connectivity index is 1.54. The van der Waals surface area contributed by atoms with Gasteiger partial charge in [0.1, 0.15) is 11.8 Å². The molecule has 1 aromatic carbocycles. The molecule has 1 saturated heterocycles. The second-order valence-corrected chi connectivity index (χ2v) is 7.80. The van der Waals surface area contributed by atoms with Crippen molar-refractivity contribution < 1.29 is 14.3 Å². The van der Waals surface area contributed by atoms with Crippen LogP contribution in [0.15, 0.2) is 18.2 Å². The van der Waals surface area contributed by atoms with E-state index < -0.39 is 6.04 Å². The summed E-state index contributed by atoms with van der Waals surface area (Å²) in [4.78, 5) is 26.8. The number of benzene rings is 1. The maximum Gasteiger partial charge on any atom is 0.261 e. The molecule has 3 rings (SSSR count). The Morgan fingerprint density at radius 1 is 1.12 bits per heavy atom. The fraction of sp³-hybridized carbons (Fsp3) is 0.579. The van der Waals surface area contributed by atoms with Crippen LogP contribution in [0, 0.1) is 0 Å². The third-order valence-corrected chi connectivity index (χ3v) is 5.60. The van der Waals surface area contributed by atoms with Gasteiger partial charge in [0, 0.05) is 17.6 Å². The average molecular weight is 399 g/mol. The van der Waals surface area contributed by atoms with Gasteiger partial charge in [-0.05, 0) is 43.9 Å². The molecule has 0 spiro atoms. The standard InChI is InChI=1S/C19H24Cl2N2O3/c20-13-8-9-17(15(21)11-13)26-12-18(24)23-10-4-7-16(23)19(25)22-14-5-2-1-3-6-14/h8-9,11,14,16H,1-7,10,12H2,(H,22,25)/t16-/m1/s1. The van der Waals surface area contributed by atoms with Crippen molar-refractivity contribution in [3.05, 3.63) is 28.2 Å². The fourth-order valence-corrected chi connectivity index (χ4v) is 4.16. The molecule has 1 aliphatic heterocycles. The first-order valence-corrected chi connectivity index (χ1v) is 9.98. The van der Waals surface area contributed by atoms with Crippen LogP contribution in [-0.2, 0) is 9.59 Å². The van der Waals surface area contributed by atoms with E-state index in [9.17, 15) is 9.59 Å². The summed E-state index contributed by atoms with van der Waals surface area (Å²) in [6.45, 7) is 0.438. The summed E-state index contributed by atoms with van der Waals surface area (Å²) >= 11 is 11.9. The highest BCUT2D eigenvalue weighted by Gasteiger charge is 2.35. The van der Waals surface area contributed by atoms with Gasteiger partial charge in [-0.2, -0.15) is 0 Å². The lowest BCUT2D eigenvalue weighted by atomic mass is 9.95. The van der Waals surface area contributed by atoms with Gasteiger partial charge < -0.3 is 15.0 Å². The first-order valence-electron chi connectivity index (χ1n) is 9.22. The van der Waals surface area contributed by atoms with E-state index in [4.69, 9.17) is 27.9 Å². The molecular weight excluding hydrogens is 375 g/mol. The zero-order valence-electron chi connectivity index (χ0n) is 14.7. The number of nitrogens with one attached hydrogen (secondary N) is 1. The summed E-state index contributed by atoms with van der Waals surface area (Å²) in [5.74, 6) is 0.177. The Kier molecular flexibility index (Phi) is 6.65. The molecule has 1 heterocycles. The summed E-state index contributed by atoms with van der Waals surface area (Å²) in [5.41, 5.74) is 0. The smallest absolute Gasteiger partial charge is 0.261 e. The van der Waals surface area contributed by atoms with Gasteiger partial charge in [0.2, 0.25) is 5.91 Å². The SMILES string of the molecule is O=C(NC1CCCCC1)[C@H]1CCCN1C(=O)COc1ccc(Cl)cc1Cl. The van der Waals surface area contributed by atoms with Crippen molar-refractivity contribution in [2.45, 2.75) is 57.0 Å². The van der Waals surface area contributed by atoms with Crippen molar-refractivity contribution in [3.8, 4) is 5.75 Å². The number of halogens is 2. The molecule has 1 N–H and O–H groups in total. The van der Waals surface area contributed by atoms with Crippen molar-refractivity contribution in [2.24, 2.45) is 0 Å². The minimum Gasteiger partial charge on any atom is -0.482 e. The van der Waals surface area contributed by atoms with Gasteiger partial charge in [0.15, 0.2) is 6.61 Å². The molecule has 0 unspecified atom stereocenters. The van der Waals surface area contributed by atoms with Gasteiger partial charge in [-0.3, -0.25) is 9.59 Å². The zero-order valence-corrected chi connectivity index (χ0v) is 16.2. The Morgan fingerprint density at radius 2 is 1.88 bits per heavy atom. The lowest BCUT2D eigenvalue weighted by Crippen LogP contribution is -2.50. The van der Waals surface area contributed by atoms with Crippen LogP contribution in [0.5, 0.6) is 5.75 Å². The van der Waals surface area contributed by atoms with Gasteiger partial charge >= 0.3 is 0 Å². The number of likely N-dealkylation sites (tertiary alicyclic amines) is 1. The molecule has 1 saturated carbocycles. The quantitative estimate of drug-likeness (QED) is 0.819. The number of hydrogen-bond donors (Lipinski definition) is 1. The predicted octanol–water partition coefficient (Wildman–Crippen LogP) is 3.81.